The van der Waals surface area contributed by atoms with Gasteiger partial charge in [-0.05, 0) is 39.7 Å². The Labute approximate surface area is 141 Å². The van der Waals surface area contributed by atoms with Gasteiger partial charge < -0.3 is 10.5 Å². The summed E-state index contributed by atoms with van der Waals surface area (Å²) < 4.78 is 21.0. The van der Waals surface area contributed by atoms with Crippen LogP contribution in [0.1, 0.15) is 17.2 Å². The zero-order valence-corrected chi connectivity index (χ0v) is 15.2. The fraction of sp³-hybridized carbons (Fsp3) is 0.143. The van der Waals surface area contributed by atoms with Crippen molar-refractivity contribution < 1.29 is 9.13 Å². The van der Waals surface area contributed by atoms with Gasteiger partial charge in [0, 0.05) is 20.6 Å². The number of hydrogen-bond acceptors (Lipinski definition) is 2. The molecule has 0 aromatic heterocycles. The standard InChI is InChI=1S/C14H11Br3FNO/c1-20-13-6-12(18)11(17)5-9(13)14(19)8-3-2-7(15)4-10(8)16/h2-6,14H,19H2,1H3. The SMILES string of the molecule is COc1cc(F)c(Br)cc1C(N)c1ccc(Br)cc1Br. The highest BCUT2D eigenvalue weighted by Crippen LogP contribution is 2.36. The Hall–Kier alpha value is -0.430. The second kappa shape index (κ2) is 6.56. The first-order valence-electron chi connectivity index (χ1n) is 5.67. The highest BCUT2D eigenvalue weighted by atomic mass is 79.9. The average molecular weight is 468 g/mol. The zero-order chi connectivity index (χ0) is 14.9. The summed E-state index contributed by atoms with van der Waals surface area (Å²) in [7, 11) is 1.50. The van der Waals surface area contributed by atoms with E-state index in [2.05, 4.69) is 47.8 Å². The second-order valence-corrected chi connectivity index (χ2v) is 6.78. The zero-order valence-electron chi connectivity index (χ0n) is 10.5. The molecule has 0 radical (unpaired) electrons. The number of methoxy groups -OCH3 is 1. The minimum absolute atomic E-state index is 0.358. The number of benzene rings is 2. The maximum atomic E-state index is 13.6. The molecule has 0 saturated heterocycles. The van der Waals surface area contributed by atoms with Crippen molar-refractivity contribution in [2.45, 2.75) is 6.04 Å². The molecule has 0 saturated carbocycles. The van der Waals surface area contributed by atoms with Crippen LogP contribution in [0.25, 0.3) is 0 Å². The summed E-state index contributed by atoms with van der Waals surface area (Å²) in [5.41, 5.74) is 7.90. The molecule has 0 fully saturated rings. The summed E-state index contributed by atoms with van der Waals surface area (Å²) in [4.78, 5) is 0. The summed E-state index contributed by atoms with van der Waals surface area (Å²) in [6.07, 6.45) is 0. The molecule has 0 aliphatic carbocycles. The number of rotatable bonds is 3. The molecule has 1 atom stereocenters. The van der Waals surface area contributed by atoms with Gasteiger partial charge in [-0.3, -0.25) is 0 Å². The van der Waals surface area contributed by atoms with Crippen LogP contribution in [-0.4, -0.2) is 7.11 Å². The normalized spacial score (nSPS) is 12.3. The van der Waals surface area contributed by atoms with E-state index in [-0.39, 0.29) is 5.82 Å². The third-order valence-corrected chi connectivity index (χ3v) is 4.69. The van der Waals surface area contributed by atoms with E-state index in [0.717, 1.165) is 14.5 Å². The smallest absolute Gasteiger partial charge is 0.141 e. The number of halogens is 4. The van der Waals surface area contributed by atoms with E-state index in [4.69, 9.17) is 10.5 Å². The lowest BCUT2D eigenvalue weighted by Gasteiger charge is -2.18. The predicted molar refractivity (Wildman–Crippen MR) is 88.5 cm³/mol. The lowest BCUT2D eigenvalue weighted by molar-refractivity contribution is 0.404. The third-order valence-electron chi connectivity index (χ3n) is 2.91. The molecule has 1 unspecified atom stereocenters. The van der Waals surface area contributed by atoms with Gasteiger partial charge in [-0.2, -0.15) is 0 Å². The van der Waals surface area contributed by atoms with Crippen molar-refractivity contribution in [3.63, 3.8) is 0 Å². The van der Waals surface area contributed by atoms with Gasteiger partial charge in [-0.25, -0.2) is 4.39 Å². The van der Waals surface area contributed by atoms with Crippen molar-refractivity contribution in [3.8, 4) is 5.75 Å². The predicted octanol–water partition coefficient (Wildman–Crippen LogP) is 5.17. The average Bonchev–Trinajstić information content (AvgIpc) is 2.40. The molecule has 0 aliphatic heterocycles. The van der Waals surface area contributed by atoms with Crippen LogP contribution in [0, 0.1) is 5.82 Å². The topological polar surface area (TPSA) is 35.2 Å². The first-order chi connectivity index (χ1) is 9.43. The van der Waals surface area contributed by atoms with Crippen LogP contribution in [0.5, 0.6) is 5.75 Å². The molecule has 0 bridgehead atoms. The van der Waals surface area contributed by atoms with Crippen molar-refractivity contribution >= 4 is 47.8 Å². The number of hydrogen-bond donors (Lipinski definition) is 1. The summed E-state index contributed by atoms with van der Waals surface area (Å²) in [6.45, 7) is 0. The van der Waals surface area contributed by atoms with Gasteiger partial charge in [-0.15, -0.1) is 0 Å². The molecule has 20 heavy (non-hydrogen) atoms. The van der Waals surface area contributed by atoms with Crippen molar-refractivity contribution in [2.75, 3.05) is 7.11 Å². The first-order valence-corrected chi connectivity index (χ1v) is 8.05. The molecule has 2 N–H and O–H groups in total. The van der Waals surface area contributed by atoms with E-state index < -0.39 is 6.04 Å². The minimum atomic E-state index is -0.427. The Balaban J connectivity index is 2.52. The van der Waals surface area contributed by atoms with Gasteiger partial charge in [0.05, 0.1) is 17.6 Å². The molecule has 2 rings (SSSR count). The Morgan fingerprint density at radius 1 is 1.05 bits per heavy atom. The van der Waals surface area contributed by atoms with E-state index >= 15 is 0 Å². The molecule has 0 amide bonds. The molecular formula is C14H11Br3FNO. The van der Waals surface area contributed by atoms with Crippen LogP contribution in [0.2, 0.25) is 0 Å². The fourth-order valence-electron chi connectivity index (χ4n) is 1.89. The molecule has 0 heterocycles. The van der Waals surface area contributed by atoms with Crippen molar-refractivity contribution in [2.24, 2.45) is 5.73 Å². The molecule has 106 valence electrons. The molecule has 0 spiro atoms. The van der Waals surface area contributed by atoms with Crippen molar-refractivity contribution in [3.05, 3.63) is 60.7 Å². The maximum absolute atomic E-state index is 13.6. The molecule has 2 nitrogen and oxygen atoms in total. The molecular weight excluding hydrogens is 457 g/mol. The highest BCUT2D eigenvalue weighted by molar-refractivity contribution is 9.11. The Morgan fingerprint density at radius 2 is 1.75 bits per heavy atom. The quantitative estimate of drug-likeness (QED) is 0.676. The van der Waals surface area contributed by atoms with E-state index in [1.54, 1.807) is 6.07 Å². The molecule has 2 aromatic carbocycles. The van der Waals surface area contributed by atoms with Gasteiger partial charge in [0.2, 0.25) is 0 Å². The largest absolute Gasteiger partial charge is 0.496 e. The first kappa shape index (κ1) is 15.9. The van der Waals surface area contributed by atoms with Crippen LogP contribution in [0.15, 0.2) is 43.7 Å². The Bertz CT molecular complexity index is 649. The van der Waals surface area contributed by atoms with Crippen LogP contribution in [0.4, 0.5) is 4.39 Å². The maximum Gasteiger partial charge on any atom is 0.141 e. The fourth-order valence-corrected chi connectivity index (χ4v) is 3.54. The van der Waals surface area contributed by atoms with E-state index in [9.17, 15) is 4.39 Å². The van der Waals surface area contributed by atoms with Crippen LogP contribution in [0.3, 0.4) is 0 Å². The van der Waals surface area contributed by atoms with Crippen LogP contribution >= 0.6 is 47.8 Å². The summed E-state index contributed by atoms with van der Waals surface area (Å²) in [5, 5.41) is 0. The van der Waals surface area contributed by atoms with Gasteiger partial charge in [0.1, 0.15) is 11.6 Å². The molecule has 0 aliphatic rings. The summed E-state index contributed by atoms with van der Waals surface area (Å²) in [6, 6.07) is 8.28. The monoisotopic (exact) mass is 465 g/mol. The number of ether oxygens (including phenoxy) is 1. The molecule has 6 heteroatoms. The van der Waals surface area contributed by atoms with E-state index in [1.807, 2.05) is 18.2 Å². The lowest BCUT2D eigenvalue weighted by Crippen LogP contribution is -2.14. The second-order valence-electron chi connectivity index (χ2n) is 4.15. The van der Waals surface area contributed by atoms with E-state index in [0.29, 0.717) is 15.8 Å². The van der Waals surface area contributed by atoms with Gasteiger partial charge >= 0.3 is 0 Å². The van der Waals surface area contributed by atoms with Crippen LogP contribution < -0.4 is 10.5 Å². The van der Waals surface area contributed by atoms with Crippen molar-refractivity contribution in [1.82, 2.24) is 0 Å². The van der Waals surface area contributed by atoms with E-state index in [1.165, 1.54) is 13.2 Å². The van der Waals surface area contributed by atoms with Gasteiger partial charge in [0.15, 0.2) is 0 Å². The third kappa shape index (κ3) is 3.24. The molecule has 2 aromatic rings. The summed E-state index contributed by atoms with van der Waals surface area (Å²) >= 11 is 10.1. The van der Waals surface area contributed by atoms with Gasteiger partial charge in [0.25, 0.3) is 0 Å². The van der Waals surface area contributed by atoms with Crippen molar-refractivity contribution in [1.29, 1.82) is 0 Å². The Kier molecular flexibility index (Phi) is 5.23. The Morgan fingerprint density at radius 3 is 2.35 bits per heavy atom. The highest BCUT2D eigenvalue weighted by Gasteiger charge is 2.19. The van der Waals surface area contributed by atoms with Gasteiger partial charge in [-0.1, -0.05) is 37.9 Å². The minimum Gasteiger partial charge on any atom is -0.496 e. The summed E-state index contributed by atoms with van der Waals surface area (Å²) in [5.74, 6) is 0.0423. The lowest BCUT2D eigenvalue weighted by atomic mass is 9.99. The number of nitrogens with two attached hydrogens (primary N) is 1. The van der Waals surface area contributed by atoms with Crippen LogP contribution in [-0.2, 0) is 0 Å².